The van der Waals surface area contributed by atoms with Gasteiger partial charge in [0.1, 0.15) is 0 Å². The molecule has 0 spiro atoms. The van der Waals surface area contributed by atoms with E-state index in [4.69, 9.17) is 0 Å². The highest BCUT2D eigenvalue weighted by molar-refractivity contribution is 7.98. The molecule has 1 aliphatic carbocycles. The van der Waals surface area contributed by atoms with Crippen LogP contribution in [0, 0.1) is 5.92 Å². The van der Waals surface area contributed by atoms with E-state index in [1.165, 1.54) is 38.0 Å². The van der Waals surface area contributed by atoms with E-state index < -0.39 is 0 Å². The first-order valence-electron chi connectivity index (χ1n) is 5.09. The largest absolute Gasteiger partial charge is 0.313 e. The predicted molar refractivity (Wildman–Crippen MR) is 57.8 cm³/mol. The fourth-order valence-corrected chi connectivity index (χ4v) is 2.17. The molecule has 0 aromatic heterocycles. The van der Waals surface area contributed by atoms with Crippen LogP contribution in [0.2, 0.25) is 0 Å². The normalized spacial score (nSPS) is 19.5. The molecule has 1 aliphatic rings. The van der Waals surface area contributed by atoms with E-state index in [9.17, 15) is 0 Å². The van der Waals surface area contributed by atoms with Crippen molar-refractivity contribution in [2.45, 2.75) is 38.6 Å². The van der Waals surface area contributed by atoms with Gasteiger partial charge < -0.3 is 5.32 Å². The van der Waals surface area contributed by atoms with Crippen molar-refractivity contribution >= 4 is 11.8 Å². The summed E-state index contributed by atoms with van der Waals surface area (Å²) in [6, 6.07) is 0.785. The van der Waals surface area contributed by atoms with Crippen molar-refractivity contribution in [2.75, 3.05) is 18.6 Å². The van der Waals surface area contributed by atoms with Gasteiger partial charge in [0.15, 0.2) is 0 Å². The monoisotopic (exact) mass is 187 g/mol. The van der Waals surface area contributed by atoms with Crippen LogP contribution < -0.4 is 5.32 Å². The van der Waals surface area contributed by atoms with Gasteiger partial charge in [0.2, 0.25) is 0 Å². The van der Waals surface area contributed by atoms with Crippen LogP contribution in [0.5, 0.6) is 0 Å². The van der Waals surface area contributed by atoms with Gasteiger partial charge in [0.25, 0.3) is 0 Å². The third-order valence-electron chi connectivity index (χ3n) is 2.37. The topological polar surface area (TPSA) is 12.0 Å². The third kappa shape index (κ3) is 4.36. The maximum atomic E-state index is 3.62. The van der Waals surface area contributed by atoms with E-state index in [0.29, 0.717) is 0 Å². The minimum absolute atomic E-state index is 0.785. The van der Waals surface area contributed by atoms with Crippen LogP contribution in [0.1, 0.15) is 32.6 Å². The Balaban J connectivity index is 2.07. The van der Waals surface area contributed by atoms with E-state index in [1.807, 2.05) is 11.8 Å². The summed E-state index contributed by atoms with van der Waals surface area (Å²) in [5.41, 5.74) is 0. The zero-order valence-electron chi connectivity index (χ0n) is 8.31. The molecule has 0 aromatic rings. The van der Waals surface area contributed by atoms with Crippen LogP contribution in [0.15, 0.2) is 0 Å². The molecular formula is C10H21NS. The molecule has 0 heterocycles. The summed E-state index contributed by atoms with van der Waals surface area (Å²) >= 11 is 1.97. The van der Waals surface area contributed by atoms with Crippen molar-refractivity contribution in [1.82, 2.24) is 5.32 Å². The minimum atomic E-state index is 0.785. The Bertz CT molecular complexity index is 112. The van der Waals surface area contributed by atoms with Gasteiger partial charge in [0, 0.05) is 11.8 Å². The third-order valence-corrected chi connectivity index (χ3v) is 3.10. The molecular weight excluding hydrogens is 166 g/mol. The molecule has 1 rings (SSSR count). The average Bonchev–Trinajstić information content (AvgIpc) is 2.84. The summed E-state index contributed by atoms with van der Waals surface area (Å²) in [4.78, 5) is 0. The smallest absolute Gasteiger partial charge is 0.0160 e. The van der Waals surface area contributed by atoms with Crippen LogP contribution in [-0.2, 0) is 0 Å². The SMILES string of the molecule is CCCNC(CSC)CC1CC1. The first-order chi connectivity index (χ1) is 5.86. The summed E-state index contributed by atoms with van der Waals surface area (Å²) in [5.74, 6) is 2.35. The van der Waals surface area contributed by atoms with Gasteiger partial charge in [-0.1, -0.05) is 19.8 Å². The van der Waals surface area contributed by atoms with Crippen molar-refractivity contribution in [3.63, 3.8) is 0 Å². The fraction of sp³-hybridized carbons (Fsp3) is 1.00. The standard InChI is InChI=1S/C10H21NS/c1-3-6-11-10(8-12-2)7-9-4-5-9/h9-11H,3-8H2,1-2H3. The van der Waals surface area contributed by atoms with E-state index in [-0.39, 0.29) is 0 Å². The molecule has 0 aromatic carbocycles. The Morgan fingerprint density at radius 3 is 2.75 bits per heavy atom. The maximum absolute atomic E-state index is 3.62. The molecule has 0 amide bonds. The summed E-state index contributed by atoms with van der Waals surface area (Å²) in [5, 5.41) is 3.62. The van der Waals surface area contributed by atoms with Gasteiger partial charge in [-0.2, -0.15) is 11.8 Å². The predicted octanol–water partition coefficient (Wildman–Crippen LogP) is 2.52. The van der Waals surface area contributed by atoms with Gasteiger partial charge in [-0.25, -0.2) is 0 Å². The van der Waals surface area contributed by atoms with Crippen molar-refractivity contribution in [2.24, 2.45) is 5.92 Å². The molecule has 1 unspecified atom stereocenters. The fourth-order valence-electron chi connectivity index (χ4n) is 1.52. The Kier molecular flexibility index (Phi) is 5.08. The zero-order chi connectivity index (χ0) is 8.81. The van der Waals surface area contributed by atoms with Gasteiger partial charge in [0.05, 0.1) is 0 Å². The number of nitrogens with one attached hydrogen (secondary N) is 1. The highest BCUT2D eigenvalue weighted by Gasteiger charge is 2.24. The summed E-state index contributed by atoms with van der Waals surface area (Å²) in [6.45, 7) is 3.43. The zero-order valence-corrected chi connectivity index (χ0v) is 9.12. The van der Waals surface area contributed by atoms with E-state index >= 15 is 0 Å². The van der Waals surface area contributed by atoms with Gasteiger partial charge in [-0.15, -0.1) is 0 Å². The van der Waals surface area contributed by atoms with Crippen LogP contribution in [0.4, 0.5) is 0 Å². The van der Waals surface area contributed by atoms with Crippen molar-refractivity contribution in [1.29, 1.82) is 0 Å². The molecule has 1 fully saturated rings. The van der Waals surface area contributed by atoms with Gasteiger partial charge in [-0.3, -0.25) is 0 Å². The molecule has 1 nitrogen and oxygen atoms in total. The first-order valence-corrected chi connectivity index (χ1v) is 6.48. The summed E-state index contributed by atoms with van der Waals surface area (Å²) in [6.07, 6.45) is 7.85. The summed E-state index contributed by atoms with van der Waals surface area (Å²) < 4.78 is 0. The second-order valence-corrected chi connectivity index (χ2v) is 4.70. The number of hydrogen-bond donors (Lipinski definition) is 1. The van der Waals surface area contributed by atoms with Crippen LogP contribution in [-0.4, -0.2) is 24.6 Å². The average molecular weight is 187 g/mol. The molecule has 1 atom stereocenters. The second-order valence-electron chi connectivity index (χ2n) is 3.79. The molecule has 1 N–H and O–H groups in total. The highest BCUT2D eigenvalue weighted by atomic mass is 32.2. The molecule has 72 valence electrons. The number of hydrogen-bond acceptors (Lipinski definition) is 2. The van der Waals surface area contributed by atoms with E-state index in [2.05, 4.69) is 18.5 Å². The van der Waals surface area contributed by atoms with Crippen molar-refractivity contribution < 1.29 is 0 Å². The molecule has 0 aliphatic heterocycles. The molecule has 0 saturated heterocycles. The molecule has 1 saturated carbocycles. The van der Waals surface area contributed by atoms with E-state index in [0.717, 1.165) is 12.0 Å². The molecule has 0 bridgehead atoms. The van der Waals surface area contributed by atoms with Crippen molar-refractivity contribution in [3.05, 3.63) is 0 Å². The first kappa shape index (κ1) is 10.4. The van der Waals surface area contributed by atoms with Gasteiger partial charge in [-0.05, 0) is 31.6 Å². The van der Waals surface area contributed by atoms with E-state index in [1.54, 1.807) is 0 Å². The van der Waals surface area contributed by atoms with Crippen LogP contribution in [0.25, 0.3) is 0 Å². The molecule has 0 radical (unpaired) electrons. The quantitative estimate of drug-likeness (QED) is 0.657. The molecule has 12 heavy (non-hydrogen) atoms. The Labute approximate surface area is 80.7 Å². The number of thioether (sulfide) groups is 1. The van der Waals surface area contributed by atoms with Crippen LogP contribution in [0.3, 0.4) is 0 Å². The number of rotatable bonds is 7. The minimum Gasteiger partial charge on any atom is -0.313 e. The lowest BCUT2D eigenvalue weighted by atomic mass is 10.1. The Morgan fingerprint density at radius 1 is 1.50 bits per heavy atom. The molecule has 2 heteroatoms. The van der Waals surface area contributed by atoms with Crippen LogP contribution >= 0.6 is 11.8 Å². The lowest BCUT2D eigenvalue weighted by molar-refractivity contribution is 0.494. The Hall–Kier alpha value is 0.310. The lowest BCUT2D eigenvalue weighted by Crippen LogP contribution is -2.32. The highest BCUT2D eigenvalue weighted by Crippen LogP contribution is 2.33. The Morgan fingerprint density at radius 2 is 2.25 bits per heavy atom. The second kappa shape index (κ2) is 5.87. The van der Waals surface area contributed by atoms with Gasteiger partial charge >= 0.3 is 0 Å². The summed E-state index contributed by atoms with van der Waals surface area (Å²) in [7, 11) is 0. The maximum Gasteiger partial charge on any atom is 0.0160 e. The lowest BCUT2D eigenvalue weighted by Gasteiger charge is -2.16. The van der Waals surface area contributed by atoms with Crippen molar-refractivity contribution in [3.8, 4) is 0 Å².